The summed E-state index contributed by atoms with van der Waals surface area (Å²) in [5.74, 6) is -0.167. The lowest BCUT2D eigenvalue weighted by atomic mass is 10.0. The van der Waals surface area contributed by atoms with E-state index in [0.717, 1.165) is 33.7 Å². The summed E-state index contributed by atoms with van der Waals surface area (Å²) in [6.45, 7) is 5.32. The molecular formula is C31H39N3O5S. The highest BCUT2D eigenvalue weighted by Gasteiger charge is 2.33. The molecule has 0 unspecified atom stereocenters. The fourth-order valence-corrected chi connectivity index (χ4v) is 5.31. The Balaban J connectivity index is 2.08. The number of nitrogens with zero attached hydrogens (tertiary/aromatic N) is 2. The van der Waals surface area contributed by atoms with E-state index in [1.807, 2.05) is 68.4 Å². The van der Waals surface area contributed by atoms with Gasteiger partial charge in [-0.15, -0.1) is 0 Å². The van der Waals surface area contributed by atoms with Gasteiger partial charge in [-0.3, -0.25) is 13.9 Å². The first-order chi connectivity index (χ1) is 19.0. The number of para-hydroxylation sites is 1. The van der Waals surface area contributed by atoms with Gasteiger partial charge in [0, 0.05) is 19.0 Å². The van der Waals surface area contributed by atoms with Crippen LogP contribution in [0.4, 0.5) is 5.69 Å². The summed E-state index contributed by atoms with van der Waals surface area (Å²) in [5.41, 5.74) is 2.77. The molecule has 0 aliphatic heterocycles. The number of benzene rings is 3. The molecule has 2 amide bonds. The molecule has 0 radical (unpaired) electrons. The number of sulfonamides is 1. The molecule has 0 aliphatic rings. The maximum absolute atomic E-state index is 14.1. The predicted octanol–water partition coefficient (Wildman–Crippen LogP) is 4.32. The van der Waals surface area contributed by atoms with Crippen LogP contribution in [0.25, 0.3) is 0 Å². The number of rotatable bonds is 13. The van der Waals surface area contributed by atoms with Gasteiger partial charge in [-0.2, -0.15) is 0 Å². The van der Waals surface area contributed by atoms with Gasteiger partial charge in [-0.05, 0) is 55.2 Å². The molecule has 3 aromatic carbocycles. The minimum Gasteiger partial charge on any atom is -0.497 e. The van der Waals surface area contributed by atoms with E-state index in [4.69, 9.17) is 4.74 Å². The van der Waals surface area contributed by atoms with Gasteiger partial charge in [0.25, 0.3) is 0 Å². The predicted molar refractivity (Wildman–Crippen MR) is 159 cm³/mol. The first-order valence-corrected chi connectivity index (χ1v) is 15.2. The van der Waals surface area contributed by atoms with Crippen molar-refractivity contribution >= 4 is 27.5 Å². The smallest absolute Gasteiger partial charge is 0.244 e. The Kier molecular flexibility index (Phi) is 10.7. The Hall–Kier alpha value is -3.85. The second-order valence-corrected chi connectivity index (χ2v) is 11.9. The number of carbonyl (C=O) groups is 2. The number of aryl methyl sites for hydroxylation is 1. The lowest BCUT2D eigenvalue weighted by Crippen LogP contribution is -2.54. The monoisotopic (exact) mass is 565 g/mol. The molecule has 3 rings (SSSR count). The summed E-state index contributed by atoms with van der Waals surface area (Å²) in [7, 11) is -2.25. The number of carbonyl (C=O) groups excluding carboxylic acids is 2. The zero-order valence-corrected chi connectivity index (χ0v) is 24.6. The molecule has 0 fully saturated rings. The molecule has 0 heterocycles. The van der Waals surface area contributed by atoms with Crippen LogP contribution >= 0.6 is 0 Å². The van der Waals surface area contributed by atoms with Crippen molar-refractivity contribution in [2.45, 2.75) is 52.2 Å². The molecule has 0 spiro atoms. The molecule has 3 aromatic rings. The first kappa shape index (κ1) is 30.7. The van der Waals surface area contributed by atoms with Crippen LogP contribution in [0, 0.1) is 6.92 Å². The topological polar surface area (TPSA) is 96.0 Å². The van der Waals surface area contributed by atoms with Crippen LogP contribution in [0.5, 0.6) is 5.75 Å². The van der Waals surface area contributed by atoms with E-state index in [-0.39, 0.29) is 24.9 Å². The van der Waals surface area contributed by atoms with E-state index < -0.39 is 28.5 Å². The van der Waals surface area contributed by atoms with E-state index in [0.29, 0.717) is 11.4 Å². The number of methoxy groups -OCH3 is 1. The standard InChI is InChI=1S/C31H39N3O5S/c1-6-24(3)32-31(36)29(20-25-14-8-7-9-15-25)33(21-26-16-12-17-27(19-26)39-4)30(35)22-34(40(5,37)38)28-18-11-10-13-23(28)2/h7-19,24,29H,6,20-22H2,1-5H3,(H,32,36)/t24-,29-/m1/s1. The second-order valence-electron chi connectivity index (χ2n) is 9.95. The van der Waals surface area contributed by atoms with Crippen molar-refractivity contribution in [2.24, 2.45) is 0 Å². The van der Waals surface area contributed by atoms with Crippen molar-refractivity contribution in [3.63, 3.8) is 0 Å². The third-order valence-electron chi connectivity index (χ3n) is 6.82. The maximum atomic E-state index is 14.1. The van der Waals surface area contributed by atoms with E-state index in [9.17, 15) is 18.0 Å². The van der Waals surface area contributed by atoms with Gasteiger partial charge < -0.3 is 15.0 Å². The quantitative estimate of drug-likeness (QED) is 0.333. The Morgan fingerprint density at radius 3 is 2.23 bits per heavy atom. The number of amides is 2. The van der Waals surface area contributed by atoms with Crippen LogP contribution in [-0.2, 0) is 32.6 Å². The van der Waals surface area contributed by atoms with E-state index in [1.165, 1.54) is 4.90 Å². The molecule has 0 aromatic heterocycles. The first-order valence-electron chi connectivity index (χ1n) is 13.3. The van der Waals surface area contributed by atoms with E-state index in [1.54, 1.807) is 38.3 Å². The van der Waals surface area contributed by atoms with E-state index >= 15 is 0 Å². The highest BCUT2D eigenvalue weighted by atomic mass is 32.2. The highest BCUT2D eigenvalue weighted by molar-refractivity contribution is 7.92. The Labute approximate surface area is 238 Å². The summed E-state index contributed by atoms with van der Waals surface area (Å²) in [6, 6.07) is 22.8. The number of anilines is 1. The third kappa shape index (κ3) is 8.32. The number of hydrogen-bond acceptors (Lipinski definition) is 5. The van der Waals surface area contributed by atoms with Crippen LogP contribution in [0.3, 0.4) is 0 Å². The molecule has 1 N–H and O–H groups in total. The van der Waals surface area contributed by atoms with Gasteiger partial charge in [-0.1, -0.05) is 67.6 Å². The van der Waals surface area contributed by atoms with Gasteiger partial charge >= 0.3 is 0 Å². The van der Waals surface area contributed by atoms with Crippen molar-refractivity contribution in [2.75, 3.05) is 24.2 Å². The fourth-order valence-electron chi connectivity index (χ4n) is 4.40. The zero-order chi connectivity index (χ0) is 29.3. The number of nitrogens with one attached hydrogen (secondary N) is 1. The number of hydrogen-bond donors (Lipinski definition) is 1. The lowest BCUT2D eigenvalue weighted by Gasteiger charge is -2.34. The minimum atomic E-state index is -3.82. The van der Waals surface area contributed by atoms with Crippen molar-refractivity contribution in [1.82, 2.24) is 10.2 Å². The second kappa shape index (κ2) is 14.0. The molecule has 214 valence electrons. The largest absolute Gasteiger partial charge is 0.497 e. The van der Waals surface area contributed by atoms with Gasteiger partial charge in [0.2, 0.25) is 21.8 Å². The summed E-state index contributed by atoms with van der Waals surface area (Å²) in [6.07, 6.45) is 2.07. The van der Waals surface area contributed by atoms with Gasteiger partial charge in [0.15, 0.2) is 0 Å². The molecule has 8 nitrogen and oxygen atoms in total. The highest BCUT2D eigenvalue weighted by Crippen LogP contribution is 2.24. The van der Waals surface area contributed by atoms with E-state index in [2.05, 4.69) is 5.32 Å². The van der Waals surface area contributed by atoms with Gasteiger partial charge in [-0.25, -0.2) is 8.42 Å². The van der Waals surface area contributed by atoms with Crippen LogP contribution in [0.2, 0.25) is 0 Å². The van der Waals surface area contributed by atoms with Crippen molar-refractivity contribution in [1.29, 1.82) is 0 Å². The molecule has 9 heteroatoms. The molecule has 2 atom stereocenters. The average Bonchev–Trinajstić information content (AvgIpc) is 2.93. The zero-order valence-electron chi connectivity index (χ0n) is 23.8. The minimum absolute atomic E-state index is 0.0901. The molecule has 0 bridgehead atoms. The van der Waals surface area contributed by atoms with Crippen LogP contribution < -0.4 is 14.4 Å². The van der Waals surface area contributed by atoms with Crippen LogP contribution in [0.15, 0.2) is 78.9 Å². The molecule has 0 aliphatic carbocycles. The molecule has 0 saturated carbocycles. The Morgan fingerprint density at radius 2 is 1.60 bits per heavy atom. The summed E-state index contributed by atoms with van der Waals surface area (Å²) in [4.78, 5) is 29.3. The van der Waals surface area contributed by atoms with Gasteiger partial charge in [0.05, 0.1) is 19.1 Å². The maximum Gasteiger partial charge on any atom is 0.244 e. The molecule has 40 heavy (non-hydrogen) atoms. The third-order valence-corrected chi connectivity index (χ3v) is 7.95. The Bertz CT molecular complexity index is 1390. The average molecular weight is 566 g/mol. The lowest BCUT2D eigenvalue weighted by molar-refractivity contribution is -0.140. The fraction of sp³-hybridized carbons (Fsp3) is 0.355. The van der Waals surface area contributed by atoms with Gasteiger partial charge in [0.1, 0.15) is 18.3 Å². The summed E-state index contributed by atoms with van der Waals surface area (Å²) in [5, 5.41) is 3.03. The molecular weight excluding hydrogens is 526 g/mol. The SMILES string of the molecule is CC[C@@H](C)NC(=O)[C@@H](Cc1ccccc1)N(Cc1cccc(OC)c1)C(=O)CN(c1ccccc1C)S(C)(=O)=O. The van der Waals surface area contributed by atoms with Crippen molar-refractivity contribution < 1.29 is 22.7 Å². The van der Waals surface area contributed by atoms with Crippen LogP contribution in [0.1, 0.15) is 37.0 Å². The molecule has 0 saturated heterocycles. The van der Waals surface area contributed by atoms with Crippen molar-refractivity contribution in [3.8, 4) is 5.75 Å². The number of ether oxygens (including phenoxy) is 1. The Morgan fingerprint density at radius 1 is 0.950 bits per heavy atom. The van der Waals surface area contributed by atoms with Crippen molar-refractivity contribution in [3.05, 3.63) is 95.6 Å². The normalized spacial score (nSPS) is 12.7. The summed E-state index contributed by atoms with van der Waals surface area (Å²) < 4.78 is 32.3. The summed E-state index contributed by atoms with van der Waals surface area (Å²) >= 11 is 0. The van der Waals surface area contributed by atoms with Crippen LogP contribution in [-0.4, -0.2) is 57.1 Å².